The molecule has 1 aliphatic carbocycles. The van der Waals surface area contributed by atoms with Crippen LogP contribution in [0.3, 0.4) is 0 Å². The number of nitrogens with one attached hydrogen (secondary N) is 1. The van der Waals surface area contributed by atoms with E-state index in [1.54, 1.807) is 19.1 Å². The summed E-state index contributed by atoms with van der Waals surface area (Å²) in [5.74, 6) is -0.589. The predicted molar refractivity (Wildman–Crippen MR) is 109 cm³/mol. The van der Waals surface area contributed by atoms with Gasteiger partial charge in [-0.1, -0.05) is 0 Å². The van der Waals surface area contributed by atoms with Crippen molar-refractivity contribution in [2.24, 2.45) is 0 Å². The standard InChI is InChI=1S/C21H21NO7S/c1-2-26-21(25)18-13-4-3-5-16(13)30-19(18)22-17(23)11-29-20(24)12-6-7-14-15(10-12)28-9-8-27-14/h6-7,10H,2-5,8-9,11H2,1H3,(H,22,23). The molecule has 0 unspecified atom stereocenters. The second kappa shape index (κ2) is 8.74. The van der Waals surface area contributed by atoms with Gasteiger partial charge in [0.1, 0.15) is 18.2 Å². The number of carbonyl (C=O) groups excluding carboxylic acids is 3. The lowest BCUT2D eigenvalue weighted by molar-refractivity contribution is -0.119. The first-order valence-electron chi connectivity index (χ1n) is 9.75. The molecule has 1 N–H and O–H groups in total. The Labute approximate surface area is 177 Å². The van der Waals surface area contributed by atoms with Crippen molar-refractivity contribution in [3.8, 4) is 11.5 Å². The second-order valence-corrected chi connectivity index (χ2v) is 7.87. The molecule has 30 heavy (non-hydrogen) atoms. The van der Waals surface area contributed by atoms with Gasteiger partial charge in [-0.15, -0.1) is 11.3 Å². The first-order valence-corrected chi connectivity index (χ1v) is 10.6. The van der Waals surface area contributed by atoms with Crippen molar-refractivity contribution in [2.45, 2.75) is 26.2 Å². The van der Waals surface area contributed by atoms with E-state index in [0.29, 0.717) is 35.3 Å². The lowest BCUT2D eigenvalue weighted by atomic mass is 10.1. The molecule has 0 bridgehead atoms. The molecule has 4 rings (SSSR count). The van der Waals surface area contributed by atoms with Crippen LogP contribution in [0, 0.1) is 0 Å². The van der Waals surface area contributed by atoms with Crippen LogP contribution in [-0.4, -0.2) is 44.3 Å². The molecule has 0 atom stereocenters. The summed E-state index contributed by atoms with van der Waals surface area (Å²) < 4.78 is 21.1. The van der Waals surface area contributed by atoms with E-state index in [0.717, 1.165) is 29.7 Å². The fourth-order valence-electron chi connectivity index (χ4n) is 3.46. The van der Waals surface area contributed by atoms with Crippen LogP contribution in [0.25, 0.3) is 0 Å². The molecule has 158 valence electrons. The summed E-state index contributed by atoms with van der Waals surface area (Å²) in [7, 11) is 0. The van der Waals surface area contributed by atoms with E-state index in [9.17, 15) is 14.4 Å². The highest BCUT2D eigenvalue weighted by atomic mass is 32.1. The van der Waals surface area contributed by atoms with Gasteiger partial charge in [0.15, 0.2) is 18.1 Å². The Morgan fingerprint density at radius 2 is 1.87 bits per heavy atom. The van der Waals surface area contributed by atoms with Gasteiger partial charge in [-0.3, -0.25) is 4.79 Å². The molecule has 0 spiro atoms. The molecule has 8 nitrogen and oxygen atoms in total. The maximum Gasteiger partial charge on any atom is 0.341 e. The number of fused-ring (bicyclic) bond motifs is 2. The number of anilines is 1. The van der Waals surface area contributed by atoms with Crippen LogP contribution < -0.4 is 14.8 Å². The summed E-state index contributed by atoms with van der Waals surface area (Å²) in [6.45, 7) is 2.38. The number of ether oxygens (including phenoxy) is 4. The number of thiophene rings is 1. The normalized spacial score (nSPS) is 14.0. The minimum atomic E-state index is -0.651. The first kappa shape index (κ1) is 20.2. The minimum absolute atomic E-state index is 0.254. The average molecular weight is 431 g/mol. The zero-order valence-electron chi connectivity index (χ0n) is 16.4. The fraction of sp³-hybridized carbons (Fsp3) is 0.381. The Morgan fingerprint density at radius 3 is 2.67 bits per heavy atom. The van der Waals surface area contributed by atoms with Gasteiger partial charge in [0.25, 0.3) is 5.91 Å². The summed E-state index contributed by atoms with van der Waals surface area (Å²) >= 11 is 1.37. The maximum absolute atomic E-state index is 12.4. The minimum Gasteiger partial charge on any atom is -0.486 e. The molecule has 2 aliphatic rings. The van der Waals surface area contributed by atoms with Gasteiger partial charge in [0.05, 0.1) is 17.7 Å². The van der Waals surface area contributed by atoms with Crippen LogP contribution in [0.4, 0.5) is 5.00 Å². The van der Waals surface area contributed by atoms with Crippen molar-refractivity contribution >= 4 is 34.2 Å². The van der Waals surface area contributed by atoms with Crippen LogP contribution in [0.1, 0.15) is 44.5 Å². The highest BCUT2D eigenvalue weighted by molar-refractivity contribution is 7.17. The average Bonchev–Trinajstić information content (AvgIpc) is 3.32. The first-order chi connectivity index (χ1) is 14.6. The third-order valence-corrected chi connectivity index (χ3v) is 5.97. The number of amides is 1. The summed E-state index contributed by atoms with van der Waals surface area (Å²) in [5, 5.41) is 3.14. The van der Waals surface area contributed by atoms with Gasteiger partial charge in [-0.25, -0.2) is 9.59 Å². The molecule has 1 amide bonds. The van der Waals surface area contributed by atoms with E-state index in [4.69, 9.17) is 18.9 Å². The number of carbonyl (C=O) groups is 3. The monoisotopic (exact) mass is 431 g/mol. The molecule has 0 fully saturated rings. The molecule has 1 aromatic heterocycles. The van der Waals surface area contributed by atoms with Gasteiger partial charge in [0, 0.05) is 4.88 Å². The number of aryl methyl sites for hydroxylation is 1. The lowest BCUT2D eigenvalue weighted by Crippen LogP contribution is -2.22. The zero-order chi connectivity index (χ0) is 21.1. The number of rotatable bonds is 6. The van der Waals surface area contributed by atoms with Crippen LogP contribution in [0.5, 0.6) is 11.5 Å². The smallest absolute Gasteiger partial charge is 0.341 e. The Bertz CT molecular complexity index is 997. The zero-order valence-corrected chi connectivity index (χ0v) is 17.3. The molecule has 2 aromatic rings. The van der Waals surface area contributed by atoms with E-state index in [1.165, 1.54) is 17.4 Å². The summed E-state index contributed by atoms with van der Waals surface area (Å²) in [6.07, 6.45) is 2.64. The third-order valence-electron chi connectivity index (χ3n) is 4.77. The Hall–Kier alpha value is -3.07. The van der Waals surface area contributed by atoms with Crippen molar-refractivity contribution < 1.29 is 33.3 Å². The van der Waals surface area contributed by atoms with Crippen molar-refractivity contribution in [3.05, 3.63) is 39.8 Å². The molecular weight excluding hydrogens is 410 g/mol. The van der Waals surface area contributed by atoms with E-state index >= 15 is 0 Å². The van der Waals surface area contributed by atoms with Crippen molar-refractivity contribution in [1.29, 1.82) is 0 Å². The van der Waals surface area contributed by atoms with Crippen molar-refractivity contribution in [3.63, 3.8) is 0 Å². The van der Waals surface area contributed by atoms with Gasteiger partial charge in [-0.05, 0) is 49.9 Å². The van der Waals surface area contributed by atoms with E-state index < -0.39 is 24.5 Å². The van der Waals surface area contributed by atoms with Crippen LogP contribution in [0.15, 0.2) is 18.2 Å². The third kappa shape index (κ3) is 4.11. The van der Waals surface area contributed by atoms with Gasteiger partial charge < -0.3 is 24.3 Å². The number of hydrogen-bond acceptors (Lipinski definition) is 8. The van der Waals surface area contributed by atoms with E-state index in [-0.39, 0.29) is 12.2 Å². The van der Waals surface area contributed by atoms with E-state index in [1.807, 2.05) is 0 Å². The molecule has 2 heterocycles. The molecular formula is C21H21NO7S. The lowest BCUT2D eigenvalue weighted by Gasteiger charge is -2.18. The van der Waals surface area contributed by atoms with Crippen molar-refractivity contribution in [1.82, 2.24) is 0 Å². The fourth-order valence-corrected chi connectivity index (χ4v) is 4.75. The van der Waals surface area contributed by atoms with E-state index in [2.05, 4.69) is 5.32 Å². The predicted octanol–water partition coefficient (Wildman–Crippen LogP) is 2.98. The largest absolute Gasteiger partial charge is 0.486 e. The highest BCUT2D eigenvalue weighted by Gasteiger charge is 2.28. The van der Waals surface area contributed by atoms with Crippen LogP contribution in [0.2, 0.25) is 0 Å². The molecule has 0 saturated carbocycles. The Balaban J connectivity index is 1.40. The second-order valence-electron chi connectivity index (χ2n) is 6.76. The molecule has 0 saturated heterocycles. The Kier molecular flexibility index (Phi) is 5.89. The van der Waals surface area contributed by atoms with Gasteiger partial charge >= 0.3 is 11.9 Å². The highest BCUT2D eigenvalue weighted by Crippen LogP contribution is 2.39. The SMILES string of the molecule is CCOC(=O)c1c(NC(=O)COC(=O)c2ccc3c(c2)OCCO3)sc2c1CCC2. The van der Waals surface area contributed by atoms with Crippen LogP contribution in [-0.2, 0) is 27.1 Å². The van der Waals surface area contributed by atoms with Crippen molar-refractivity contribution in [2.75, 3.05) is 31.7 Å². The topological polar surface area (TPSA) is 100 Å². The Morgan fingerprint density at radius 1 is 1.07 bits per heavy atom. The maximum atomic E-state index is 12.4. The number of hydrogen-bond donors (Lipinski definition) is 1. The number of benzene rings is 1. The molecule has 1 aromatic carbocycles. The van der Waals surface area contributed by atoms with Gasteiger partial charge in [-0.2, -0.15) is 0 Å². The quantitative estimate of drug-likeness (QED) is 0.702. The molecule has 9 heteroatoms. The number of esters is 2. The summed E-state index contributed by atoms with van der Waals surface area (Å²) in [4.78, 5) is 38.1. The van der Waals surface area contributed by atoms with Crippen LogP contribution >= 0.6 is 11.3 Å². The molecule has 1 aliphatic heterocycles. The van der Waals surface area contributed by atoms with Gasteiger partial charge in [0.2, 0.25) is 0 Å². The summed E-state index contributed by atoms with van der Waals surface area (Å²) in [6, 6.07) is 4.71. The summed E-state index contributed by atoms with van der Waals surface area (Å²) in [5.41, 5.74) is 1.62. The molecule has 0 radical (unpaired) electrons.